The Labute approximate surface area is 134 Å². The first-order chi connectivity index (χ1) is 9.66. The molecule has 2 aliphatic rings. The Bertz CT molecular complexity index is 420. The summed E-state index contributed by atoms with van der Waals surface area (Å²) in [5.74, 6) is 0.596. The number of nitrogens with two attached hydrogens (primary N) is 1. The van der Waals surface area contributed by atoms with Gasteiger partial charge in [0.2, 0.25) is 5.91 Å². The van der Waals surface area contributed by atoms with Gasteiger partial charge in [-0.15, -0.1) is 0 Å². The molecule has 2 fully saturated rings. The van der Waals surface area contributed by atoms with Crippen LogP contribution in [0.3, 0.4) is 0 Å². The number of thiocarbonyl (C=S) groups is 1. The number of carbonyl (C=O) groups is 1. The third kappa shape index (κ3) is 2.71. The second-order valence-corrected chi connectivity index (χ2v) is 8.51. The number of nitrogens with one attached hydrogen (secondary N) is 1. The lowest BCUT2D eigenvalue weighted by Crippen LogP contribution is -2.49. The number of hydrogen-bond donors (Lipinski definition) is 2. The van der Waals surface area contributed by atoms with E-state index in [4.69, 9.17) is 18.0 Å². The van der Waals surface area contributed by atoms with Gasteiger partial charge in [-0.1, -0.05) is 65.6 Å². The molecule has 120 valence electrons. The quantitative estimate of drug-likeness (QED) is 0.618. The summed E-state index contributed by atoms with van der Waals surface area (Å²) in [4.78, 5) is 13.2. The van der Waals surface area contributed by atoms with Crippen molar-refractivity contribution in [3.05, 3.63) is 0 Å². The average Bonchev–Trinajstić information content (AvgIpc) is 2.92. The van der Waals surface area contributed by atoms with E-state index in [1.54, 1.807) is 0 Å². The SMILES string of the molecule is CC1(C)C(CNC(=O)C2(C(N)=S)CCCCCC2)C1(C)C. The van der Waals surface area contributed by atoms with Gasteiger partial charge in [-0.05, 0) is 29.6 Å². The summed E-state index contributed by atoms with van der Waals surface area (Å²) in [5.41, 5.74) is 5.95. The Kier molecular flexibility index (Phi) is 4.40. The lowest BCUT2D eigenvalue weighted by molar-refractivity contribution is -0.128. The Morgan fingerprint density at radius 2 is 1.57 bits per heavy atom. The van der Waals surface area contributed by atoms with E-state index in [-0.39, 0.29) is 5.91 Å². The highest BCUT2D eigenvalue weighted by molar-refractivity contribution is 7.80. The minimum atomic E-state index is -0.602. The molecule has 3 nitrogen and oxygen atoms in total. The van der Waals surface area contributed by atoms with Crippen LogP contribution < -0.4 is 11.1 Å². The van der Waals surface area contributed by atoms with Gasteiger partial charge in [-0.25, -0.2) is 0 Å². The zero-order valence-corrected chi connectivity index (χ0v) is 14.7. The van der Waals surface area contributed by atoms with Gasteiger partial charge in [0.1, 0.15) is 0 Å². The van der Waals surface area contributed by atoms with Crippen LogP contribution in [-0.4, -0.2) is 17.4 Å². The van der Waals surface area contributed by atoms with E-state index in [0.717, 1.165) is 32.2 Å². The van der Waals surface area contributed by atoms with E-state index in [1.807, 2.05) is 0 Å². The molecule has 2 rings (SSSR count). The standard InChI is InChI=1S/C17H30N2OS/c1-15(2)12(16(15,3)4)11-19-14(20)17(13(18)21)9-7-5-6-8-10-17/h12H,5-11H2,1-4H3,(H2,18,21)(H,19,20). The molecule has 2 aliphatic carbocycles. The molecule has 4 heteroatoms. The monoisotopic (exact) mass is 310 g/mol. The number of carbonyl (C=O) groups excluding carboxylic acids is 1. The Morgan fingerprint density at radius 1 is 1.10 bits per heavy atom. The molecule has 0 radical (unpaired) electrons. The Hall–Kier alpha value is -0.640. The van der Waals surface area contributed by atoms with E-state index in [1.165, 1.54) is 12.8 Å². The zero-order valence-electron chi connectivity index (χ0n) is 13.9. The summed E-state index contributed by atoms with van der Waals surface area (Å²) < 4.78 is 0. The average molecular weight is 311 g/mol. The topological polar surface area (TPSA) is 55.1 Å². The molecule has 3 N–H and O–H groups in total. The van der Waals surface area contributed by atoms with Crippen LogP contribution in [0.2, 0.25) is 0 Å². The predicted molar refractivity (Wildman–Crippen MR) is 91.0 cm³/mol. The third-order valence-corrected chi connectivity index (χ3v) is 7.04. The van der Waals surface area contributed by atoms with Crippen molar-refractivity contribution in [1.29, 1.82) is 0 Å². The van der Waals surface area contributed by atoms with Crippen molar-refractivity contribution in [2.24, 2.45) is 27.9 Å². The Morgan fingerprint density at radius 3 is 1.95 bits per heavy atom. The summed E-state index contributed by atoms with van der Waals surface area (Å²) in [7, 11) is 0. The molecule has 2 saturated carbocycles. The molecule has 0 aliphatic heterocycles. The lowest BCUT2D eigenvalue weighted by atomic mass is 9.79. The molecule has 21 heavy (non-hydrogen) atoms. The van der Waals surface area contributed by atoms with Crippen LogP contribution in [-0.2, 0) is 4.79 Å². The fourth-order valence-electron chi connectivity index (χ4n) is 4.12. The minimum Gasteiger partial charge on any atom is -0.392 e. The summed E-state index contributed by atoms with van der Waals surface area (Å²) in [6, 6.07) is 0. The van der Waals surface area contributed by atoms with Gasteiger partial charge in [0.05, 0.1) is 10.4 Å². The molecule has 0 atom stereocenters. The van der Waals surface area contributed by atoms with Crippen LogP contribution in [0.1, 0.15) is 66.2 Å². The highest BCUT2D eigenvalue weighted by Crippen LogP contribution is 2.67. The lowest BCUT2D eigenvalue weighted by Gasteiger charge is -2.30. The van der Waals surface area contributed by atoms with Crippen LogP contribution in [0, 0.1) is 22.2 Å². The number of amides is 1. The highest BCUT2D eigenvalue weighted by atomic mass is 32.1. The first-order valence-electron chi connectivity index (χ1n) is 8.24. The van der Waals surface area contributed by atoms with Gasteiger partial charge in [0, 0.05) is 6.54 Å². The van der Waals surface area contributed by atoms with Crippen molar-refractivity contribution in [2.45, 2.75) is 66.2 Å². The van der Waals surface area contributed by atoms with Gasteiger partial charge in [0.15, 0.2) is 0 Å². The molecule has 1 amide bonds. The van der Waals surface area contributed by atoms with E-state index in [9.17, 15) is 4.79 Å². The molecule has 0 unspecified atom stereocenters. The Balaban J connectivity index is 2.02. The van der Waals surface area contributed by atoms with Gasteiger partial charge in [0.25, 0.3) is 0 Å². The number of rotatable bonds is 4. The molecular weight excluding hydrogens is 280 g/mol. The summed E-state index contributed by atoms with van der Waals surface area (Å²) >= 11 is 5.27. The van der Waals surface area contributed by atoms with Gasteiger partial charge in [-0.2, -0.15) is 0 Å². The maximum Gasteiger partial charge on any atom is 0.233 e. The van der Waals surface area contributed by atoms with Crippen LogP contribution in [0.4, 0.5) is 0 Å². The normalized spacial score (nSPS) is 26.7. The van der Waals surface area contributed by atoms with Crippen molar-refractivity contribution >= 4 is 23.1 Å². The third-order valence-electron chi connectivity index (χ3n) is 6.65. The second kappa shape index (κ2) is 5.53. The fourth-order valence-corrected chi connectivity index (χ4v) is 4.42. The van der Waals surface area contributed by atoms with Gasteiger partial charge < -0.3 is 11.1 Å². The zero-order chi connectivity index (χ0) is 15.9. The van der Waals surface area contributed by atoms with E-state index in [2.05, 4.69) is 33.0 Å². The molecule has 0 aromatic heterocycles. The molecule has 0 spiro atoms. The first kappa shape index (κ1) is 16.7. The summed E-state index contributed by atoms with van der Waals surface area (Å²) in [6.45, 7) is 9.85. The largest absolute Gasteiger partial charge is 0.392 e. The van der Waals surface area contributed by atoms with Crippen molar-refractivity contribution < 1.29 is 4.79 Å². The fraction of sp³-hybridized carbons (Fsp3) is 0.882. The summed E-state index contributed by atoms with van der Waals surface area (Å²) in [5, 5.41) is 3.17. The molecule has 0 aromatic carbocycles. The molecular formula is C17H30N2OS. The van der Waals surface area contributed by atoms with E-state index in [0.29, 0.717) is 21.7 Å². The van der Waals surface area contributed by atoms with Crippen molar-refractivity contribution in [3.8, 4) is 0 Å². The molecule has 0 aromatic rings. The molecule has 0 saturated heterocycles. The van der Waals surface area contributed by atoms with Gasteiger partial charge in [-0.3, -0.25) is 4.79 Å². The van der Waals surface area contributed by atoms with Crippen molar-refractivity contribution in [3.63, 3.8) is 0 Å². The highest BCUT2D eigenvalue weighted by Gasteiger charge is 2.64. The van der Waals surface area contributed by atoms with Crippen LogP contribution >= 0.6 is 12.2 Å². The smallest absolute Gasteiger partial charge is 0.233 e. The van der Waals surface area contributed by atoms with E-state index >= 15 is 0 Å². The minimum absolute atomic E-state index is 0.0652. The second-order valence-electron chi connectivity index (χ2n) is 8.07. The van der Waals surface area contributed by atoms with Crippen LogP contribution in [0.25, 0.3) is 0 Å². The van der Waals surface area contributed by atoms with E-state index < -0.39 is 5.41 Å². The summed E-state index contributed by atoms with van der Waals surface area (Å²) in [6.07, 6.45) is 6.08. The first-order valence-corrected chi connectivity index (χ1v) is 8.65. The van der Waals surface area contributed by atoms with Crippen molar-refractivity contribution in [2.75, 3.05) is 6.54 Å². The van der Waals surface area contributed by atoms with Crippen molar-refractivity contribution in [1.82, 2.24) is 5.32 Å². The van der Waals surface area contributed by atoms with Crippen LogP contribution in [0.15, 0.2) is 0 Å². The number of hydrogen-bond acceptors (Lipinski definition) is 2. The maximum atomic E-state index is 12.8. The predicted octanol–water partition coefficient (Wildman–Crippen LogP) is 3.41. The van der Waals surface area contributed by atoms with Gasteiger partial charge >= 0.3 is 0 Å². The molecule has 0 heterocycles. The molecule has 0 bridgehead atoms. The maximum absolute atomic E-state index is 12.8. The van der Waals surface area contributed by atoms with Crippen LogP contribution in [0.5, 0.6) is 0 Å².